The lowest BCUT2D eigenvalue weighted by Gasteiger charge is -2.11. The summed E-state index contributed by atoms with van der Waals surface area (Å²) in [6, 6.07) is 23.5. The van der Waals surface area contributed by atoms with Crippen LogP contribution in [0.25, 0.3) is 21.8 Å². The molecule has 3 nitrogen and oxygen atoms in total. The molecule has 3 aromatic carbocycles. The fourth-order valence-corrected chi connectivity index (χ4v) is 3.58. The van der Waals surface area contributed by atoms with Gasteiger partial charge in [0.25, 0.3) is 0 Å². The van der Waals surface area contributed by atoms with Crippen LogP contribution in [0.4, 0.5) is 0 Å². The van der Waals surface area contributed by atoms with Gasteiger partial charge in [0.05, 0.1) is 17.6 Å². The van der Waals surface area contributed by atoms with Crippen molar-refractivity contribution in [3.05, 3.63) is 78.1 Å². The largest absolute Gasteiger partial charge is 0.327 e. The summed E-state index contributed by atoms with van der Waals surface area (Å²) in [6.07, 6.45) is 2.37. The van der Waals surface area contributed by atoms with E-state index in [0.717, 1.165) is 31.0 Å². The van der Waals surface area contributed by atoms with Crippen LogP contribution in [0.2, 0.25) is 0 Å². The van der Waals surface area contributed by atoms with Gasteiger partial charge in [0.15, 0.2) is 0 Å². The number of hydrogen-bond donors (Lipinski definition) is 1. The number of aryl methyl sites for hydroxylation is 1. The molecule has 26 heavy (non-hydrogen) atoms. The van der Waals surface area contributed by atoms with Crippen LogP contribution in [0.3, 0.4) is 0 Å². The Morgan fingerprint density at radius 2 is 1.69 bits per heavy atom. The van der Waals surface area contributed by atoms with Gasteiger partial charge in [0.1, 0.15) is 5.82 Å². The molecule has 132 valence electrons. The van der Waals surface area contributed by atoms with E-state index in [9.17, 15) is 0 Å². The first kappa shape index (κ1) is 16.8. The molecule has 0 radical (unpaired) electrons. The number of aromatic nitrogens is 2. The van der Waals surface area contributed by atoms with Crippen LogP contribution in [0.1, 0.15) is 31.2 Å². The highest BCUT2D eigenvalue weighted by atomic mass is 15.1. The smallest absolute Gasteiger partial charge is 0.123 e. The molecule has 0 unspecified atom stereocenters. The van der Waals surface area contributed by atoms with Crippen molar-refractivity contribution in [1.29, 1.82) is 0 Å². The van der Waals surface area contributed by atoms with Crippen LogP contribution >= 0.6 is 0 Å². The third-order valence-electron chi connectivity index (χ3n) is 4.95. The fourth-order valence-electron chi connectivity index (χ4n) is 3.58. The van der Waals surface area contributed by atoms with Crippen LogP contribution in [-0.2, 0) is 19.6 Å². The molecule has 0 aliphatic heterocycles. The van der Waals surface area contributed by atoms with Crippen molar-refractivity contribution < 1.29 is 0 Å². The number of nitrogens with zero attached hydrogens (tertiary/aromatic N) is 2. The van der Waals surface area contributed by atoms with Crippen LogP contribution in [0, 0.1) is 0 Å². The molecule has 0 saturated carbocycles. The van der Waals surface area contributed by atoms with Gasteiger partial charge < -0.3 is 9.88 Å². The lowest BCUT2D eigenvalue weighted by molar-refractivity contribution is 0.581. The minimum atomic E-state index is 0.779. The Hall–Kier alpha value is -2.65. The topological polar surface area (TPSA) is 29.9 Å². The first-order valence-electron chi connectivity index (χ1n) is 9.48. The van der Waals surface area contributed by atoms with E-state index in [4.69, 9.17) is 4.98 Å². The molecule has 1 aromatic heterocycles. The number of nitrogens with one attached hydrogen (secondary N) is 1. The quantitative estimate of drug-likeness (QED) is 0.495. The first-order valence-corrected chi connectivity index (χ1v) is 9.48. The molecule has 0 fully saturated rings. The van der Waals surface area contributed by atoms with E-state index in [-0.39, 0.29) is 0 Å². The predicted molar refractivity (Wildman–Crippen MR) is 109 cm³/mol. The van der Waals surface area contributed by atoms with Crippen molar-refractivity contribution in [1.82, 2.24) is 14.9 Å². The Labute approximate surface area is 154 Å². The van der Waals surface area contributed by atoms with Crippen molar-refractivity contribution in [2.75, 3.05) is 0 Å². The van der Waals surface area contributed by atoms with Gasteiger partial charge in [0.2, 0.25) is 0 Å². The Kier molecular flexibility index (Phi) is 4.98. The number of benzene rings is 3. The van der Waals surface area contributed by atoms with Gasteiger partial charge in [-0.3, -0.25) is 0 Å². The van der Waals surface area contributed by atoms with Crippen molar-refractivity contribution in [3.63, 3.8) is 0 Å². The molecule has 4 rings (SSSR count). The number of fused-ring (bicyclic) bond motifs is 2. The molecule has 0 aliphatic carbocycles. The Bertz CT molecular complexity index is 1010. The Morgan fingerprint density at radius 3 is 2.62 bits per heavy atom. The maximum absolute atomic E-state index is 4.86. The average molecular weight is 343 g/mol. The molecule has 0 aliphatic rings. The van der Waals surface area contributed by atoms with Gasteiger partial charge >= 0.3 is 0 Å². The van der Waals surface area contributed by atoms with Crippen LogP contribution in [0.5, 0.6) is 0 Å². The molecule has 1 N–H and O–H groups in total. The van der Waals surface area contributed by atoms with E-state index >= 15 is 0 Å². The second-order valence-corrected chi connectivity index (χ2v) is 6.76. The zero-order valence-electron chi connectivity index (χ0n) is 15.3. The van der Waals surface area contributed by atoms with Gasteiger partial charge in [-0.15, -0.1) is 0 Å². The second-order valence-electron chi connectivity index (χ2n) is 6.76. The Balaban J connectivity index is 1.54. The monoisotopic (exact) mass is 343 g/mol. The molecule has 0 saturated heterocycles. The number of rotatable bonds is 7. The van der Waals surface area contributed by atoms with Crippen molar-refractivity contribution >= 4 is 21.8 Å². The minimum absolute atomic E-state index is 0.779. The van der Waals surface area contributed by atoms with E-state index in [1.54, 1.807) is 0 Å². The van der Waals surface area contributed by atoms with Crippen molar-refractivity contribution in [2.24, 2.45) is 0 Å². The SMILES string of the molecule is CCCCn1c(CNCc2cccc3ccccc23)nc2ccccc21. The molecular weight excluding hydrogens is 318 g/mol. The molecule has 0 amide bonds. The highest BCUT2D eigenvalue weighted by Crippen LogP contribution is 2.19. The lowest BCUT2D eigenvalue weighted by Crippen LogP contribution is -2.17. The molecule has 1 heterocycles. The number of para-hydroxylation sites is 2. The third kappa shape index (κ3) is 3.35. The van der Waals surface area contributed by atoms with Crippen molar-refractivity contribution in [2.45, 2.75) is 39.4 Å². The van der Waals surface area contributed by atoms with E-state index in [1.807, 2.05) is 0 Å². The number of unbranched alkanes of at least 4 members (excludes halogenated alkanes) is 1. The molecular formula is C23H25N3. The molecule has 4 aromatic rings. The summed E-state index contributed by atoms with van der Waals surface area (Å²) in [7, 11) is 0. The normalized spacial score (nSPS) is 11.4. The van der Waals surface area contributed by atoms with Gasteiger partial charge in [-0.05, 0) is 34.9 Å². The Morgan fingerprint density at radius 1 is 0.885 bits per heavy atom. The summed E-state index contributed by atoms with van der Waals surface area (Å²) in [5, 5.41) is 6.22. The van der Waals surface area contributed by atoms with Crippen LogP contribution in [0.15, 0.2) is 66.7 Å². The summed E-state index contributed by atoms with van der Waals surface area (Å²) in [4.78, 5) is 4.86. The van der Waals surface area contributed by atoms with Crippen molar-refractivity contribution in [3.8, 4) is 0 Å². The van der Waals surface area contributed by atoms with Gasteiger partial charge in [-0.2, -0.15) is 0 Å². The standard InChI is InChI=1S/C23H25N3/c1-2-3-15-26-22-14-7-6-13-21(22)25-23(26)17-24-16-19-11-8-10-18-9-4-5-12-20(18)19/h4-14,24H,2-3,15-17H2,1H3. The highest BCUT2D eigenvalue weighted by molar-refractivity contribution is 5.85. The maximum atomic E-state index is 4.86. The molecule has 0 atom stereocenters. The zero-order valence-corrected chi connectivity index (χ0v) is 15.3. The summed E-state index contributed by atoms with van der Waals surface area (Å²) < 4.78 is 2.37. The third-order valence-corrected chi connectivity index (χ3v) is 4.95. The van der Waals surface area contributed by atoms with Crippen LogP contribution < -0.4 is 5.32 Å². The zero-order chi connectivity index (χ0) is 17.8. The minimum Gasteiger partial charge on any atom is -0.327 e. The highest BCUT2D eigenvalue weighted by Gasteiger charge is 2.10. The number of imidazole rings is 1. The van der Waals surface area contributed by atoms with E-state index in [2.05, 4.69) is 83.5 Å². The summed E-state index contributed by atoms with van der Waals surface area (Å²) in [5.41, 5.74) is 3.66. The van der Waals surface area contributed by atoms with Gasteiger partial charge in [-0.25, -0.2) is 4.98 Å². The average Bonchev–Trinajstić information content (AvgIpc) is 3.04. The van der Waals surface area contributed by atoms with Gasteiger partial charge in [-0.1, -0.05) is 67.9 Å². The summed E-state index contributed by atoms with van der Waals surface area (Å²) in [5.74, 6) is 1.12. The van der Waals surface area contributed by atoms with Gasteiger partial charge in [0, 0.05) is 13.1 Å². The first-order chi connectivity index (χ1) is 12.9. The lowest BCUT2D eigenvalue weighted by atomic mass is 10.0. The summed E-state index contributed by atoms with van der Waals surface area (Å²) in [6.45, 7) is 4.89. The molecule has 0 bridgehead atoms. The van der Waals surface area contributed by atoms with Crippen LogP contribution in [-0.4, -0.2) is 9.55 Å². The molecule has 3 heteroatoms. The van der Waals surface area contributed by atoms with E-state index < -0.39 is 0 Å². The second kappa shape index (κ2) is 7.71. The number of hydrogen-bond acceptors (Lipinski definition) is 2. The van der Waals surface area contributed by atoms with E-state index in [0.29, 0.717) is 0 Å². The molecule has 0 spiro atoms. The maximum Gasteiger partial charge on any atom is 0.123 e. The summed E-state index contributed by atoms with van der Waals surface area (Å²) >= 11 is 0. The fraction of sp³-hybridized carbons (Fsp3) is 0.261. The predicted octanol–water partition coefficient (Wildman–Crippen LogP) is 5.28. The van der Waals surface area contributed by atoms with E-state index in [1.165, 1.54) is 34.7 Å².